The quantitative estimate of drug-likeness (QED) is 0.176. The highest BCUT2D eigenvalue weighted by Gasteiger charge is 2.46. The van der Waals surface area contributed by atoms with Gasteiger partial charge in [0.05, 0.1) is 40.1 Å². The number of carbonyl (C=O) groups excluding carboxylic acids is 1. The fraction of sp³-hybridized carbons (Fsp3) is 0.267. The first-order chi connectivity index (χ1) is 20.2. The van der Waals surface area contributed by atoms with Gasteiger partial charge in [0, 0.05) is 29.5 Å². The lowest BCUT2D eigenvalue weighted by Crippen LogP contribution is -2.41. The Morgan fingerprint density at radius 2 is 1.86 bits per heavy atom. The van der Waals surface area contributed by atoms with E-state index in [2.05, 4.69) is 16.0 Å². The van der Waals surface area contributed by atoms with Crippen LogP contribution < -0.4 is 0 Å². The third kappa shape index (κ3) is 4.13. The summed E-state index contributed by atoms with van der Waals surface area (Å²) in [5.74, 6) is -0.958. The van der Waals surface area contributed by atoms with Crippen molar-refractivity contribution in [2.45, 2.75) is 37.6 Å². The first-order valence-electron chi connectivity index (χ1n) is 13.5. The first-order valence-corrected chi connectivity index (χ1v) is 15.4. The molecule has 8 rings (SSSR count). The van der Waals surface area contributed by atoms with E-state index in [9.17, 15) is 17.6 Å². The molecule has 42 heavy (non-hydrogen) atoms. The molecule has 5 aromatic rings. The molecule has 3 aliphatic carbocycles. The Bertz CT molecular complexity index is 2040. The van der Waals surface area contributed by atoms with Crippen molar-refractivity contribution >= 4 is 49.7 Å². The normalized spacial score (nSPS) is 20.0. The summed E-state index contributed by atoms with van der Waals surface area (Å²) in [6, 6.07) is 7.30. The monoisotopic (exact) mass is 605 g/mol. The van der Waals surface area contributed by atoms with Gasteiger partial charge in [-0.15, -0.1) is 0 Å². The predicted molar refractivity (Wildman–Crippen MR) is 155 cm³/mol. The highest BCUT2D eigenvalue weighted by molar-refractivity contribution is 7.90. The van der Waals surface area contributed by atoms with Gasteiger partial charge in [-0.05, 0) is 50.8 Å². The molecule has 4 aromatic heterocycles. The number of fused-ring (bicyclic) bond motifs is 4. The fourth-order valence-corrected chi connectivity index (χ4v) is 7.60. The lowest BCUT2D eigenvalue weighted by Gasteiger charge is -2.44. The van der Waals surface area contributed by atoms with E-state index in [0.29, 0.717) is 16.1 Å². The van der Waals surface area contributed by atoms with Gasteiger partial charge in [0.25, 0.3) is 10.0 Å². The number of benzene rings is 1. The molecule has 12 heteroatoms. The lowest BCUT2D eigenvalue weighted by molar-refractivity contribution is -0.152. The molecular weight excluding hydrogens is 581 g/mol. The Morgan fingerprint density at radius 1 is 1.10 bits per heavy atom. The van der Waals surface area contributed by atoms with Crippen LogP contribution in [0.15, 0.2) is 71.7 Å². The van der Waals surface area contributed by atoms with E-state index in [1.54, 1.807) is 31.5 Å². The largest absolute Gasteiger partial charge is 0.466 e. The molecule has 2 bridgehead atoms. The third-order valence-electron chi connectivity index (χ3n) is 8.13. The van der Waals surface area contributed by atoms with Gasteiger partial charge in [0.15, 0.2) is 11.5 Å². The van der Waals surface area contributed by atoms with Gasteiger partial charge in [0.1, 0.15) is 11.5 Å². The zero-order valence-corrected chi connectivity index (χ0v) is 24.2. The van der Waals surface area contributed by atoms with E-state index in [1.165, 1.54) is 30.0 Å². The van der Waals surface area contributed by atoms with Gasteiger partial charge in [0.2, 0.25) is 0 Å². The van der Waals surface area contributed by atoms with E-state index in [-0.39, 0.29) is 51.9 Å². The number of esters is 1. The molecule has 0 amide bonds. The van der Waals surface area contributed by atoms with Crippen LogP contribution in [0.5, 0.6) is 0 Å². The molecule has 1 saturated carbocycles. The maximum atomic E-state index is 14.5. The highest BCUT2D eigenvalue weighted by atomic mass is 35.5. The van der Waals surface area contributed by atoms with Gasteiger partial charge < -0.3 is 9.30 Å². The molecule has 1 fully saturated rings. The Hall–Kier alpha value is -4.09. The van der Waals surface area contributed by atoms with Crippen LogP contribution in [0.3, 0.4) is 0 Å². The predicted octanol–water partition coefficient (Wildman–Crippen LogP) is 5.86. The summed E-state index contributed by atoms with van der Waals surface area (Å²) in [4.78, 5) is 26.5. The minimum atomic E-state index is -4.08. The minimum absolute atomic E-state index is 0.0450. The van der Waals surface area contributed by atoms with Crippen LogP contribution in [-0.4, -0.2) is 44.5 Å². The zero-order valence-electron chi connectivity index (χ0n) is 22.7. The van der Waals surface area contributed by atoms with Crippen molar-refractivity contribution in [3.8, 4) is 11.4 Å². The Labute approximate surface area is 245 Å². The average Bonchev–Trinajstić information content (AvgIpc) is 3.50. The smallest absolute Gasteiger partial charge is 0.311 e. The van der Waals surface area contributed by atoms with E-state index in [4.69, 9.17) is 21.3 Å². The van der Waals surface area contributed by atoms with Crippen molar-refractivity contribution in [1.82, 2.24) is 23.5 Å². The minimum Gasteiger partial charge on any atom is -0.466 e. The van der Waals surface area contributed by atoms with Crippen LogP contribution >= 0.6 is 11.6 Å². The molecule has 0 saturated heterocycles. The van der Waals surface area contributed by atoms with Gasteiger partial charge in [-0.25, -0.2) is 31.7 Å². The van der Waals surface area contributed by atoms with Crippen LogP contribution in [0.2, 0.25) is 5.02 Å². The number of halogens is 2. The van der Waals surface area contributed by atoms with E-state index in [0.717, 1.165) is 28.6 Å². The number of rotatable bonds is 6. The number of hydrogen-bond donors (Lipinski definition) is 0. The number of carbonyl (C=O) groups is 1. The number of pyridine rings is 1. The topological polar surface area (TPSA) is 109 Å². The molecule has 0 aliphatic heterocycles. The molecule has 0 spiro atoms. The number of ether oxygens (including phenoxy) is 1. The van der Waals surface area contributed by atoms with Gasteiger partial charge in [-0.1, -0.05) is 40.9 Å². The Balaban J connectivity index is 1.40. The lowest BCUT2D eigenvalue weighted by atomic mass is 9.64. The summed E-state index contributed by atoms with van der Waals surface area (Å²) in [5, 5.41) is 1.22. The van der Waals surface area contributed by atoms with Crippen molar-refractivity contribution in [2.24, 2.45) is 11.8 Å². The van der Waals surface area contributed by atoms with Crippen LogP contribution in [0.4, 0.5) is 4.39 Å². The van der Waals surface area contributed by atoms with Gasteiger partial charge in [-0.2, -0.15) is 0 Å². The van der Waals surface area contributed by atoms with Crippen LogP contribution in [0, 0.1) is 24.6 Å². The SMILES string of the molecule is CCOC(=O)[C@H]1C2CC(=C[C@@H]1n1cc(Cl)c3cnc(-c4cn(S(=O)(=O)c5ccc(C)cc5)c5ncc(F)cc45)nc31)C2. The molecule has 9 nitrogen and oxygen atoms in total. The van der Waals surface area contributed by atoms with Crippen LogP contribution in [0.1, 0.15) is 31.4 Å². The highest BCUT2D eigenvalue weighted by Crippen LogP contribution is 2.51. The molecule has 1 aromatic carbocycles. The van der Waals surface area contributed by atoms with Crippen molar-refractivity contribution in [3.63, 3.8) is 0 Å². The number of hydrogen-bond acceptors (Lipinski definition) is 7. The Kier molecular flexibility index (Phi) is 6.21. The summed E-state index contributed by atoms with van der Waals surface area (Å²) < 4.78 is 50.1. The summed E-state index contributed by atoms with van der Waals surface area (Å²) >= 11 is 6.61. The Morgan fingerprint density at radius 3 is 2.60 bits per heavy atom. The summed E-state index contributed by atoms with van der Waals surface area (Å²) in [5.41, 5.74) is 2.97. The standard InChI is InChI=1S/C30H25ClFN5O4S/c1-3-41-30(38)26-18-8-17(9-18)10-25(26)36-15-24(31)22-13-33-27(35-29(22)36)23-14-37(28-21(23)11-19(32)12-34-28)42(39,40)20-6-4-16(2)5-7-20/h4-7,10-15,18,25-26H,3,8-9H2,1-2H3/t25-,26-/m0/s1. The molecule has 4 heterocycles. The number of allylic oxidation sites excluding steroid dienone is 2. The van der Waals surface area contributed by atoms with Crippen LogP contribution in [-0.2, 0) is 19.6 Å². The number of nitrogens with zero attached hydrogens (tertiary/aromatic N) is 5. The number of aryl methyl sites for hydroxylation is 1. The second-order valence-electron chi connectivity index (χ2n) is 10.8. The molecule has 0 unspecified atom stereocenters. The number of aromatic nitrogens is 5. The second kappa shape index (κ2) is 9.74. The van der Waals surface area contributed by atoms with Crippen molar-refractivity contribution in [2.75, 3.05) is 6.61 Å². The maximum absolute atomic E-state index is 14.5. The molecule has 3 aliphatic rings. The fourth-order valence-electron chi connectivity index (χ4n) is 6.04. The van der Waals surface area contributed by atoms with E-state index in [1.807, 2.05) is 11.5 Å². The van der Waals surface area contributed by atoms with E-state index < -0.39 is 21.8 Å². The first kappa shape index (κ1) is 26.8. The van der Waals surface area contributed by atoms with Crippen molar-refractivity contribution < 1.29 is 22.3 Å². The maximum Gasteiger partial charge on any atom is 0.311 e. The molecular formula is C30H25ClFN5O4S. The molecule has 0 N–H and O–H groups in total. The zero-order chi connectivity index (χ0) is 29.3. The third-order valence-corrected chi connectivity index (χ3v) is 10.1. The van der Waals surface area contributed by atoms with Crippen LogP contribution in [0.25, 0.3) is 33.5 Å². The summed E-state index contributed by atoms with van der Waals surface area (Å²) in [7, 11) is -4.08. The molecule has 0 radical (unpaired) electrons. The summed E-state index contributed by atoms with van der Waals surface area (Å²) in [6.45, 7) is 3.93. The second-order valence-corrected chi connectivity index (χ2v) is 13.0. The van der Waals surface area contributed by atoms with Crippen molar-refractivity contribution in [3.05, 3.63) is 83.2 Å². The van der Waals surface area contributed by atoms with Gasteiger partial charge in [-0.3, -0.25) is 4.79 Å². The average molecular weight is 606 g/mol. The molecule has 214 valence electrons. The van der Waals surface area contributed by atoms with Gasteiger partial charge >= 0.3 is 5.97 Å². The summed E-state index contributed by atoms with van der Waals surface area (Å²) in [6.07, 6.45) is 9.42. The molecule has 2 atom stereocenters. The van der Waals surface area contributed by atoms with E-state index >= 15 is 0 Å². The van der Waals surface area contributed by atoms with Crippen molar-refractivity contribution in [1.29, 1.82) is 0 Å².